The number of carboxylic acid groups (broad SMARTS) is 1. The molecule has 3 aliphatic carbocycles. The van der Waals surface area contributed by atoms with Crippen molar-refractivity contribution in [1.29, 1.82) is 0 Å². The first kappa shape index (κ1) is 24.5. The summed E-state index contributed by atoms with van der Waals surface area (Å²) in [5.74, 6) is -0.589. The van der Waals surface area contributed by atoms with E-state index >= 15 is 0 Å². The van der Waals surface area contributed by atoms with Crippen LogP contribution in [-0.4, -0.2) is 42.1 Å². The van der Waals surface area contributed by atoms with Gasteiger partial charge in [-0.05, 0) is 53.7 Å². The molecule has 2 bridgehead atoms. The van der Waals surface area contributed by atoms with Crippen LogP contribution >= 0.6 is 0 Å². The summed E-state index contributed by atoms with van der Waals surface area (Å²) >= 11 is 0. The molecule has 1 heterocycles. The standard InChI is InChI=1S/C33H33NO4/c1-3-22-12-15-24(16-13-22)32-19-18-27(25-9-5-6-10-26(25)32)33(31(36)37)21-34(20-29(32)33)30(35)17-14-23-8-4-7-11-28(23)38-2/h4-17,27,29H,3,18-21H2,1-2H3,(H,36,37)/b17-14+/t27-,29-,32-,33-/m0/s1. The molecule has 0 aromatic heterocycles. The minimum atomic E-state index is -1.02. The van der Waals surface area contributed by atoms with Crippen molar-refractivity contribution in [2.24, 2.45) is 11.3 Å². The van der Waals surface area contributed by atoms with Gasteiger partial charge in [0.2, 0.25) is 5.91 Å². The quantitative estimate of drug-likeness (QED) is 0.436. The first-order valence-corrected chi connectivity index (χ1v) is 13.5. The summed E-state index contributed by atoms with van der Waals surface area (Å²) < 4.78 is 5.42. The van der Waals surface area contributed by atoms with Crippen molar-refractivity contribution < 1.29 is 19.4 Å². The molecule has 0 radical (unpaired) electrons. The highest BCUT2D eigenvalue weighted by Crippen LogP contribution is 2.68. The van der Waals surface area contributed by atoms with Crippen molar-refractivity contribution in [3.05, 3.63) is 107 Å². The van der Waals surface area contributed by atoms with Crippen molar-refractivity contribution in [2.75, 3.05) is 20.2 Å². The Morgan fingerprint density at radius 2 is 1.79 bits per heavy atom. The Balaban J connectivity index is 1.44. The predicted molar refractivity (Wildman–Crippen MR) is 147 cm³/mol. The molecule has 1 N–H and O–H groups in total. The highest BCUT2D eigenvalue weighted by molar-refractivity contribution is 5.93. The molecule has 5 nitrogen and oxygen atoms in total. The molecule has 194 valence electrons. The SMILES string of the molecule is CCc1ccc([C@@]23CC[C@@H](c4ccccc42)[C@@]2(C(=O)O)CN(C(=O)/C=C/c4ccccc4OC)C[C@@H]32)cc1. The van der Waals surface area contributed by atoms with Crippen LogP contribution in [0.4, 0.5) is 0 Å². The Labute approximate surface area is 223 Å². The van der Waals surface area contributed by atoms with Gasteiger partial charge in [-0.1, -0.05) is 73.7 Å². The second-order valence-electron chi connectivity index (χ2n) is 10.9. The number of rotatable bonds is 6. The van der Waals surface area contributed by atoms with Gasteiger partial charge in [0, 0.05) is 42.0 Å². The van der Waals surface area contributed by atoms with E-state index in [9.17, 15) is 14.7 Å². The van der Waals surface area contributed by atoms with Gasteiger partial charge in [-0.25, -0.2) is 0 Å². The number of carboxylic acids is 1. The van der Waals surface area contributed by atoms with Crippen LogP contribution in [-0.2, 0) is 21.4 Å². The maximum atomic E-state index is 13.6. The minimum Gasteiger partial charge on any atom is -0.496 e. The van der Waals surface area contributed by atoms with Gasteiger partial charge in [-0.2, -0.15) is 0 Å². The third-order valence-corrected chi connectivity index (χ3v) is 9.47. The molecule has 7 rings (SSSR count). The molecule has 38 heavy (non-hydrogen) atoms. The fourth-order valence-corrected chi connectivity index (χ4v) is 7.73. The molecule has 2 fully saturated rings. The number of fused-ring (bicyclic) bond motifs is 1. The number of nitrogens with zero attached hydrogens (tertiary/aromatic N) is 1. The van der Waals surface area contributed by atoms with Gasteiger partial charge >= 0.3 is 5.97 Å². The van der Waals surface area contributed by atoms with E-state index in [2.05, 4.69) is 49.4 Å². The third kappa shape index (κ3) is 3.37. The molecule has 5 heteroatoms. The number of para-hydroxylation sites is 1. The second-order valence-corrected chi connectivity index (χ2v) is 10.9. The molecule has 4 atom stereocenters. The molecule has 0 spiro atoms. The molecular weight excluding hydrogens is 474 g/mol. The van der Waals surface area contributed by atoms with Gasteiger partial charge in [0.25, 0.3) is 0 Å². The lowest BCUT2D eigenvalue weighted by molar-refractivity contribution is -0.157. The lowest BCUT2D eigenvalue weighted by atomic mass is 9.42. The van der Waals surface area contributed by atoms with Gasteiger partial charge in [0.15, 0.2) is 0 Å². The zero-order valence-corrected chi connectivity index (χ0v) is 21.9. The molecule has 1 amide bonds. The number of aliphatic carboxylic acids is 1. The summed E-state index contributed by atoms with van der Waals surface area (Å²) in [5.41, 5.74) is 4.14. The summed E-state index contributed by atoms with van der Waals surface area (Å²) in [6, 6.07) is 24.7. The Morgan fingerprint density at radius 3 is 2.53 bits per heavy atom. The number of amides is 1. The summed E-state index contributed by atoms with van der Waals surface area (Å²) in [7, 11) is 1.61. The maximum Gasteiger partial charge on any atom is 0.312 e. The Morgan fingerprint density at radius 1 is 1.05 bits per heavy atom. The number of ether oxygens (including phenoxy) is 1. The molecule has 3 aromatic rings. The molecule has 4 aliphatic rings. The molecule has 0 unspecified atom stereocenters. The summed E-state index contributed by atoms with van der Waals surface area (Å²) in [6.07, 6.45) is 5.96. The van der Waals surface area contributed by atoms with E-state index in [4.69, 9.17) is 4.74 Å². The number of aryl methyl sites for hydroxylation is 1. The number of carbonyl (C=O) groups is 2. The van der Waals surface area contributed by atoms with Gasteiger partial charge in [-0.3, -0.25) is 9.59 Å². The fraction of sp³-hybridized carbons (Fsp3) is 0.333. The van der Waals surface area contributed by atoms with Crippen molar-refractivity contribution in [2.45, 2.75) is 37.5 Å². The van der Waals surface area contributed by atoms with Gasteiger partial charge in [-0.15, -0.1) is 0 Å². The summed E-state index contributed by atoms with van der Waals surface area (Å²) in [5, 5.41) is 10.9. The van der Waals surface area contributed by atoms with E-state index in [0.29, 0.717) is 12.3 Å². The minimum absolute atomic E-state index is 0.117. The Kier molecular flexibility index (Phi) is 5.90. The number of benzene rings is 3. The molecule has 1 aliphatic heterocycles. The van der Waals surface area contributed by atoms with Gasteiger partial charge < -0.3 is 14.7 Å². The number of likely N-dealkylation sites (tertiary alicyclic amines) is 1. The van der Waals surface area contributed by atoms with Crippen LogP contribution in [0, 0.1) is 11.3 Å². The lowest BCUT2D eigenvalue weighted by Crippen LogP contribution is -2.60. The van der Waals surface area contributed by atoms with Crippen LogP contribution in [0.3, 0.4) is 0 Å². The summed E-state index contributed by atoms with van der Waals surface area (Å²) in [4.78, 5) is 28.6. The van der Waals surface area contributed by atoms with E-state index < -0.39 is 16.8 Å². The zero-order chi connectivity index (χ0) is 26.5. The van der Waals surface area contributed by atoms with Crippen LogP contribution in [0.25, 0.3) is 6.08 Å². The molecule has 1 saturated heterocycles. The van der Waals surface area contributed by atoms with Crippen molar-refractivity contribution in [3.63, 3.8) is 0 Å². The van der Waals surface area contributed by atoms with E-state index in [0.717, 1.165) is 36.0 Å². The van der Waals surface area contributed by atoms with E-state index in [-0.39, 0.29) is 24.3 Å². The molecular formula is C33H33NO4. The van der Waals surface area contributed by atoms with Crippen molar-refractivity contribution in [1.82, 2.24) is 4.90 Å². The fourth-order valence-electron chi connectivity index (χ4n) is 7.73. The summed E-state index contributed by atoms with van der Waals surface area (Å²) in [6.45, 7) is 2.78. The van der Waals surface area contributed by atoms with E-state index in [1.807, 2.05) is 30.3 Å². The third-order valence-electron chi connectivity index (χ3n) is 9.47. The van der Waals surface area contributed by atoms with Crippen molar-refractivity contribution >= 4 is 18.0 Å². The topological polar surface area (TPSA) is 66.8 Å². The maximum absolute atomic E-state index is 13.6. The average molecular weight is 508 g/mol. The lowest BCUT2D eigenvalue weighted by Gasteiger charge is -2.59. The largest absolute Gasteiger partial charge is 0.496 e. The van der Waals surface area contributed by atoms with Crippen LogP contribution < -0.4 is 4.74 Å². The number of carbonyl (C=O) groups excluding carboxylic acids is 1. The smallest absolute Gasteiger partial charge is 0.312 e. The molecule has 1 saturated carbocycles. The number of hydrogen-bond donors (Lipinski definition) is 1. The van der Waals surface area contributed by atoms with Crippen LogP contribution in [0.2, 0.25) is 0 Å². The van der Waals surface area contributed by atoms with E-state index in [1.165, 1.54) is 11.1 Å². The van der Waals surface area contributed by atoms with Gasteiger partial charge in [0.05, 0.1) is 12.5 Å². The van der Waals surface area contributed by atoms with Crippen LogP contribution in [0.5, 0.6) is 5.75 Å². The monoisotopic (exact) mass is 507 g/mol. The second kappa shape index (κ2) is 9.16. The first-order chi connectivity index (χ1) is 18.5. The first-order valence-electron chi connectivity index (χ1n) is 13.5. The zero-order valence-electron chi connectivity index (χ0n) is 21.9. The van der Waals surface area contributed by atoms with Crippen LogP contribution in [0.1, 0.15) is 53.5 Å². The highest BCUT2D eigenvalue weighted by atomic mass is 16.5. The van der Waals surface area contributed by atoms with Crippen molar-refractivity contribution in [3.8, 4) is 5.75 Å². The Bertz CT molecular complexity index is 1430. The van der Waals surface area contributed by atoms with Gasteiger partial charge in [0.1, 0.15) is 5.75 Å². The Hall–Kier alpha value is -3.86. The average Bonchev–Trinajstić information content (AvgIpc) is 3.40. The normalized spacial score (nSPS) is 27.3. The predicted octanol–water partition coefficient (Wildman–Crippen LogP) is 5.68. The van der Waals surface area contributed by atoms with Crippen LogP contribution in [0.15, 0.2) is 78.9 Å². The highest BCUT2D eigenvalue weighted by Gasteiger charge is 2.70. The number of methoxy groups -OCH3 is 1. The number of hydrogen-bond acceptors (Lipinski definition) is 3. The molecule has 3 aromatic carbocycles. The van der Waals surface area contributed by atoms with E-state index in [1.54, 1.807) is 24.2 Å².